The molecule has 1 heterocycles. The summed E-state index contributed by atoms with van der Waals surface area (Å²) in [5.74, 6) is -0.795. The van der Waals surface area contributed by atoms with Gasteiger partial charge >= 0.3 is 5.69 Å². The molecule has 20 heavy (non-hydrogen) atoms. The van der Waals surface area contributed by atoms with E-state index in [1.165, 1.54) is 6.08 Å². The van der Waals surface area contributed by atoms with Crippen LogP contribution in [0.2, 0.25) is 0 Å². The summed E-state index contributed by atoms with van der Waals surface area (Å²) in [5, 5.41) is 17.2. The van der Waals surface area contributed by atoms with Crippen LogP contribution >= 0.6 is 0 Å². The lowest BCUT2D eigenvalue weighted by Gasteiger charge is -2.09. The van der Waals surface area contributed by atoms with Crippen molar-refractivity contribution in [3.63, 3.8) is 0 Å². The first-order chi connectivity index (χ1) is 9.42. The van der Waals surface area contributed by atoms with E-state index in [-0.39, 0.29) is 30.2 Å². The minimum absolute atomic E-state index is 0.0355. The van der Waals surface area contributed by atoms with Gasteiger partial charge in [0.15, 0.2) is 0 Å². The van der Waals surface area contributed by atoms with Crippen molar-refractivity contribution in [3.05, 3.63) is 39.1 Å². The third-order valence-electron chi connectivity index (χ3n) is 2.39. The van der Waals surface area contributed by atoms with Gasteiger partial charge in [0, 0.05) is 6.54 Å². The number of rotatable bonds is 5. The van der Waals surface area contributed by atoms with Gasteiger partial charge in [-0.05, 0) is 6.42 Å². The summed E-state index contributed by atoms with van der Waals surface area (Å²) in [6.45, 7) is 5.20. The zero-order valence-corrected chi connectivity index (χ0v) is 11.0. The number of guanidine groups is 1. The molecule has 1 rings (SSSR count). The molecule has 0 spiro atoms. The molecule has 1 aromatic heterocycles. The van der Waals surface area contributed by atoms with E-state index in [9.17, 15) is 14.7 Å². The van der Waals surface area contributed by atoms with E-state index in [1.54, 1.807) is 6.92 Å². The van der Waals surface area contributed by atoms with Crippen LogP contribution < -0.4 is 22.7 Å². The third-order valence-corrected chi connectivity index (χ3v) is 2.39. The molecule has 0 unspecified atom stereocenters. The molecule has 0 aromatic carbocycles. The second kappa shape index (κ2) is 6.36. The molecular weight excluding hydrogens is 264 g/mol. The highest BCUT2D eigenvalue weighted by molar-refractivity contribution is 6.02. The predicted octanol–water partition coefficient (Wildman–Crippen LogP) is -1.18. The van der Waals surface area contributed by atoms with E-state index in [4.69, 9.17) is 11.5 Å². The number of allylic oxidation sites excluding steroid dienone is 1. The lowest BCUT2D eigenvalue weighted by Crippen LogP contribution is -2.33. The van der Waals surface area contributed by atoms with Crippen LogP contribution in [0.5, 0.6) is 5.88 Å². The first kappa shape index (κ1) is 15.2. The number of aromatic hydroxyl groups is 1. The molecule has 0 aliphatic rings. The third kappa shape index (κ3) is 3.13. The monoisotopic (exact) mass is 280 g/mol. The predicted molar refractivity (Wildman–Crippen MR) is 75.8 cm³/mol. The maximum Gasteiger partial charge on any atom is 0.331 e. The maximum absolute atomic E-state index is 11.8. The Hall–Kier alpha value is -2.84. The summed E-state index contributed by atoms with van der Waals surface area (Å²) in [7, 11) is 0. The van der Waals surface area contributed by atoms with Gasteiger partial charge in [0.25, 0.3) is 5.56 Å². The van der Waals surface area contributed by atoms with Crippen molar-refractivity contribution in [1.82, 2.24) is 9.55 Å². The van der Waals surface area contributed by atoms with Crippen LogP contribution in [-0.4, -0.2) is 26.3 Å². The van der Waals surface area contributed by atoms with Crippen LogP contribution in [0.15, 0.2) is 32.4 Å². The molecule has 0 amide bonds. The molecule has 9 nitrogen and oxygen atoms in total. The molecular formula is C11H16N6O3. The molecule has 1 aromatic rings. The number of nitrogens with two attached hydrogens (primary N) is 2. The van der Waals surface area contributed by atoms with Crippen LogP contribution in [0.1, 0.15) is 18.9 Å². The van der Waals surface area contributed by atoms with Crippen LogP contribution in [0.4, 0.5) is 0 Å². The Morgan fingerprint density at radius 1 is 1.45 bits per heavy atom. The Bertz CT molecular complexity index is 678. The van der Waals surface area contributed by atoms with E-state index in [2.05, 4.69) is 21.8 Å². The van der Waals surface area contributed by atoms with E-state index in [0.717, 1.165) is 4.57 Å². The number of hydrogen-bond donors (Lipinski definition) is 4. The number of hydrogen-bond acceptors (Lipinski definition) is 5. The van der Waals surface area contributed by atoms with Crippen molar-refractivity contribution in [3.8, 4) is 5.88 Å². The van der Waals surface area contributed by atoms with Gasteiger partial charge in [0.1, 0.15) is 5.56 Å². The highest BCUT2D eigenvalue weighted by atomic mass is 16.3. The molecule has 0 aliphatic heterocycles. The quantitative estimate of drug-likeness (QED) is 0.231. The Morgan fingerprint density at radius 2 is 2.10 bits per heavy atom. The summed E-state index contributed by atoms with van der Waals surface area (Å²) >= 11 is 0. The molecule has 108 valence electrons. The molecule has 0 atom stereocenters. The summed E-state index contributed by atoms with van der Waals surface area (Å²) in [5.41, 5.74) is 8.80. The second-order valence-electron chi connectivity index (χ2n) is 3.78. The van der Waals surface area contributed by atoms with Crippen molar-refractivity contribution >= 4 is 11.7 Å². The van der Waals surface area contributed by atoms with Crippen molar-refractivity contribution < 1.29 is 5.11 Å². The fourth-order valence-corrected chi connectivity index (χ4v) is 1.53. The molecule has 9 heteroatoms. The number of aromatic amines is 1. The normalized spacial score (nSPS) is 11.2. The summed E-state index contributed by atoms with van der Waals surface area (Å²) < 4.78 is 0.949. The Morgan fingerprint density at radius 3 is 2.60 bits per heavy atom. The zero-order chi connectivity index (χ0) is 15.3. The topological polar surface area (TPSA) is 152 Å². The largest absolute Gasteiger partial charge is 0.494 e. The van der Waals surface area contributed by atoms with Gasteiger partial charge in [0.05, 0.1) is 5.71 Å². The van der Waals surface area contributed by atoms with Gasteiger partial charge in [-0.15, -0.1) is 11.7 Å². The van der Waals surface area contributed by atoms with Crippen LogP contribution in [0.25, 0.3) is 0 Å². The molecule has 0 radical (unpaired) electrons. The van der Waals surface area contributed by atoms with E-state index in [0.29, 0.717) is 0 Å². The molecule has 0 bridgehead atoms. The van der Waals surface area contributed by atoms with E-state index < -0.39 is 17.1 Å². The Kier molecular flexibility index (Phi) is 4.84. The minimum atomic E-state index is -0.765. The van der Waals surface area contributed by atoms with Gasteiger partial charge in [0.2, 0.25) is 11.8 Å². The second-order valence-corrected chi connectivity index (χ2v) is 3.78. The average molecular weight is 280 g/mol. The van der Waals surface area contributed by atoms with Gasteiger partial charge in [-0.2, -0.15) is 5.10 Å². The van der Waals surface area contributed by atoms with Crippen molar-refractivity contribution in [2.75, 3.05) is 0 Å². The number of aromatic nitrogens is 2. The van der Waals surface area contributed by atoms with Crippen LogP contribution in [0.3, 0.4) is 0 Å². The van der Waals surface area contributed by atoms with Crippen LogP contribution in [-0.2, 0) is 6.54 Å². The molecule has 0 fully saturated rings. The summed E-state index contributed by atoms with van der Waals surface area (Å²) in [6, 6.07) is 0. The van der Waals surface area contributed by atoms with Gasteiger partial charge < -0.3 is 16.6 Å². The van der Waals surface area contributed by atoms with E-state index >= 15 is 0 Å². The average Bonchev–Trinajstić information content (AvgIpc) is 2.37. The maximum atomic E-state index is 11.8. The first-order valence-electron chi connectivity index (χ1n) is 5.75. The fourth-order valence-electron chi connectivity index (χ4n) is 1.53. The standard InChI is InChI=1S/C11H16N6O3/c1-3-5-17-9(19)7(8(18)14-11(17)20)6(4-2)15-16-10(12)13/h3,19H,1,4-5H2,2H3,(H4,12,13,16)(H,14,18,20). The Balaban J connectivity index is 3.59. The summed E-state index contributed by atoms with van der Waals surface area (Å²) in [4.78, 5) is 25.5. The van der Waals surface area contributed by atoms with Gasteiger partial charge in [-0.3, -0.25) is 14.3 Å². The fraction of sp³-hybridized carbons (Fsp3) is 0.273. The Labute approximate surface area is 114 Å². The van der Waals surface area contributed by atoms with E-state index in [1.807, 2.05) is 0 Å². The molecule has 6 N–H and O–H groups in total. The molecule has 0 saturated carbocycles. The van der Waals surface area contributed by atoms with Crippen molar-refractivity contribution in [1.29, 1.82) is 0 Å². The zero-order valence-electron chi connectivity index (χ0n) is 11.0. The molecule has 0 saturated heterocycles. The molecule has 0 aliphatic carbocycles. The lowest BCUT2D eigenvalue weighted by molar-refractivity contribution is 0.409. The number of nitrogens with zero attached hydrogens (tertiary/aromatic N) is 3. The summed E-state index contributed by atoms with van der Waals surface area (Å²) in [6.07, 6.45) is 1.68. The van der Waals surface area contributed by atoms with Gasteiger partial charge in [-0.1, -0.05) is 13.0 Å². The van der Waals surface area contributed by atoms with Gasteiger partial charge in [-0.25, -0.2) is 4.79 Å². The minimum Gasteiger partial charge on any atom is -0.494 e. The highest BCUT2D eigenvalue weighted by Gasteiger charge is 2.17. The first-order valence-corrected chi connectivity index (χ1v) is 5.75. The van der Waals surface area contributed by atoms with Crippen LogP contribution in [0, 0.1) is 0 Å². The smallest absolute Gasteiger partial charge is 0.331 e. The van der Waals surface area contributed by atoms with Crippen molar-refractivity contribution in [2.24, 2.45) is 21.7 Å². The lowest BCUT2D eigenvalue weighted by atomic mass is 10.1. The SMILES string of the molecule is C=CCn1c(O)c(C(CC)=NN=C(N)N)c(=O)[nH]c1=O. The number of nitrogens with one attached hydrogen (secondary N) is 1. The number of H-pyrrole nitrogens is 1. The highest BCUT2D eigenvalue weighted by Crippen LogP contribution is 2.13. The van der Waals surface area contributed by atoms with Crippen molar-refractivity contribution in [2.45, 2.75) is 19.9 Å².